The van der Waals surface area contributed by atoms with Crippen LogP contribution in [0.2, 0.25) is 10.0 Å². The Labute approximate surface area is 218 Å². The van der Waals surface area contributed by atoms with Crippen molar-refractivity contribution < 1.29 is 13.9 Å². The van der Waals surface area contributed by atoms with Gasteiger partial charge in [0.25, 0.3) is 0 Å². The van der Waals surface area contributed by atoms with Crippen LogP contribution >= 0.6 is 23.2 Å². The number of carbonyl (C=O) groups is 1. The lowest BCUT2D eigenvalue weighted by molar-refractivity contribution is 0.00645. The van der Waals surface area contributed by atoms with Crippen LogP contribution in [0.4, 0.5) is 4.39 Å². The summed E-state index contributed by atoms with van der Waals surface area (Å²) in [7, 11) is 0. The second-order valence-electron chi connectivity index (χ2n) is 11.0. The van der Waals surface area contributed by atoms with Crippen LogP contribution in [-0.4, -0.2) is 47.0 Å². The van der Waals surface area contributed by atoms with E-state index in [1.807, 2.05) is 12.1 Å². The molecule has 1 saturated carbocycles. The summed E-state index contributed by atoms with van der Waals surface area (Å²) in [4.78, 5) is 17.4. The predicted octanol–water partition coefficient (Wildman–Crippen LogP) is 7.23. The topological polar surface area (TPSA) is 32.8 Å². The Morgan fingerprint density at radius 3 is 2.34 bits per heavy atom. The quantitative estimate of drug-likeness (QED) is 0.376. The van der Waals surface area contributed by atoms with Crippen molar-refractivity contribution in [1.29, 1.82) is 0 Å². The summed E-state index contributed by atoms with van der Waals surface area (Å²) >= 11 is 12.5. The number of ether oxygens (including phenoxy) is 1. The number of hydrogen-bond acceptors (Lipinski definition) is 4. The summed E-state index contributed by atoms with van der Waals surface area (Å²) in [6.07, 6.45) is 2.16. The van der Waals surface area contributed by atoms with E-state index in [4.69, 9.17) is 27.9 Å². The molecule has 7 heteroatoms. The second kappa shape index (κ2) is 10.4. The molecule has 190 valence electrons. The number of rotatable bonds is 6. The van der Waals surface area contributed by atoms with Crippen LogP contribution in [0.1, 0.15) is 86.5 Å². The van der Waals surface area contributed by atoms with Gasteiger partial charge < -0.3 is 4.74 Å². The van der Waals surface area contributed by atoms with Crippen molar-refractivity contribution in [1.82, 2.24) is 9.80 Å². The summed E-state index contributed by atoms with van der Waals surface area (Å²) < 4.78 is 20.5. The molecule has 0 N–H and O–H groups in total. The largest absolute Gasteiger partial charge is 0.456 e. The molecule has 1 aliphatic heterocycles. The number of nitrogens with zero attached hydrogens (tertiary/aromatic N) is 2. The molecule has 4 rings (SSSR count). The van der Waals surface area contributed by atoms with Gasteiger partial charge in [0.05, 0.1) is 5.56 Å². The van der Waals surface area contributed by atoms with Crippen LogP contribution in [0, 0.1) is 5.82 Å². The van der Waals surface area contributed by atoms with Crippen molar-refractivity contribution in [2.45, 2.75) is 77.6 Å². The summed E-state index contributed by atoms with van der Waals surface area (Å²) in [5.74, 6) is -0.698. The van der Waals surface area contributed by atoms with E-state index < -0.39 is 17.4 Å². The first-order chi connectivity index (χ1) is 16.4. The Bertz CT molecular complexity index is 1080. The average Bonchev–Trinajstić information content (AvgIpc) is 3.57. The van der Waals surface area contributed by atoms with Crippen molar-refractivity contribution >= 4 is 29.2 Å². The molecular formula is C28H35Cl2FN2O2. The van der Waals surface area contributed by atoms with Gasteiger partial charge in [0, 0.05) is 48.3 Å². The maximum atomic E-state index is 15.0. The molecule has 35 heavy (non-hydrogen) atoms. The minimum absolute atomic E-state index is 0.0396. The van der Waals surface area contributed by atoms with Crippen molar-refractivity contribution in [2.24, 2.45) is 0 Å². The zero-order valence-electron chi connectivity index (χ0n) is 21.2. The number of hydrogen-bond donors (Lipinski definition) is 0. The van der Waals surface area contributed by atoms with Gasteiger partial charge in [0.2, 0.25) is 0 Å². The fraction of sp³-hybridized carbons (Fsp3) is 0.536. The molecule has 2 atom stereocenters. The Morgan fingerprint density at radius 2 is 1.77 bits per heavy atom. The van der Waals surface area contributed by atoms with E-state index in [1.54, 1.807) is 39.0 Å². The number of halogens is 3. The molecule has 0 spiro atoms. The number of esters is 1. The maximum absolute atomic E-state index is 15.0. The van der Waals surface area contributed by atoms with Crippen LogP contribution in [-0.2, 0) is 11.3 Å². The zero-order chi connectivity index (χ0) is 25.5. The van der Waals surface area contributed by atoms with E-state index in [1.165, 1.54) is 0 Å². The van der Waals surface area contributed by atoms with Gasteiger partial charge in [-0.2, -0.15) is 0 Å². The molecule has 2 fully saturated rings. The third-order valence-electron chi connectivity index (χ3n) is 6.89. The second-order valence-corrected chi connectivity index (χ2v) is 11.9. The molecule has 4 nitrogen and oxygen atoms in total. The first kappa shape index (κ1) is 26.4. The Hall–Kier alpha value is -1.66. The molecule has 2 aliphatic rings. The van der Waals surface area contributed by atoms with Crippen LogP contribution < -0.4 is 0 Å². The van der Waals surface area contributed by atoms with E-state index in [2.05, 4.69) is 23.6 Å². The van der Waals surface area contributed by atoms with Gasteiger partial charge in [0.1, 0.15) is 11.4 Å². The third-order valence-corrected chi connectivity index (χ3v) is 7.32. The van der Waals surface area contributed by atoms with E-state index in [0.29, 0.717) is 28.5 Å². The molecule has 2 aromatic carbocycles. The van der Waals surface area contributed by atoms with E-state index >= 15 is 4.39 Å². The van der Waals surface area contributed by atoms with E-state index in [9.17, 15) is 4.79 Å². The highest BCUT2D eigenvalue weighted by Gasteiger charge is 2.32. The molecule has 0 radical (unpaired) electrons. The standard InChI is InChI=1S/C28H35Cl2FN2O2/c1-17-15-32(8-9-33(17)18(2)20-10-22(29)13-23(30)11-20)16-21-12-26(31)25(14-24(21)19-6-7-19)27(34)35-28(3,4)5/h10-14,17-19H,6-9,15-16H2,1-5H3/t17?,18-/m0/s1. The maximum Gasteiger partial charge on any atom is 0.341 e. The van der Waals surface area contributed by atoms with Gasteiger partial charge in [-0.3, -0.25) is 9.80 Å². The highest BCUT2D eigenvalue weighted by Crippen LogP contribution is 2.43. The lowest BCUT2D eigenvalue weighted by atomic mass is 9.98. The van der Waals surface area contributed by atoms with E-state index in [-0.39, 0.29) is 11.6 Å². The summed E-state index contributed by atoms with van der Waals surface area (Å²) in [6.45, 7) is 13.1. The highest BCUT2D eigenvalue weighted by atomic mass is 35.5. The Morgan fingerprint density at radius 1 is 1.11 bits per heavy atom. The van der Waals surface area contributed by atoms with Gasteiger partial charge >= 0.3 is 5.97 Å². The fourth-order valence-corrected chi connectivity index (χ4v) is 5.59. The van der Waals surface area contributed by atoms with Crippen LogP contribution in [0.15, 0.2) is 30.3 Å². The fourth-order valence-electron chi connectivity index (χ4n) is 5.05. The van der Waals surface area contributed by atoms with Crippen molar-refractivity contribution in [2.75, 3.05) is 19.6 Å². The van der Waals surface area contributed by atoms with Crippen molar-refractivity contribution in [3.63, 3.8) is 0 Å². The Kier molecular flexibility index (Phi) is 7.82. The summed E-state index contributed by atoms with van der Waals surface area (Å²) in [5.41, 5.74) is 2.55. The number of piperazine rings is 1. The molecular weight excluding hydrogens is 486 g/mol. The SMILES string of the molecule is CC1CN(Cc2cc(F)c(C(=O)OC(C)(C)C)cc2C2CC2)CCN1[C@@H](C)c1cc(Cl)cc(Cl)c1. The van der Waals surface area contributed by atoms with Crippen molar-refractivity contribution in [3.8, 4) is 0 Å². The molecule has 1 unspecified atom stereocenters. The molecule has 2 aromatic rings. The van der Waals surface area contributed by atoms with E-state index in [0.717, 1.165) is 49.2 Å². The smallest absolute Gasteiger partial charge is 0.341 e. The first-order valence-electron chi connectivity index (χ1n) is 12.4. The normalized spacial score (nSPS) is 20.6. The van der Waals surface area contributed by atoms with Gasteiger partial charge in [0.15, 0.2) is 0 Å². The van der Waals surface area contributed by atoms with Crippen LogP contribution in [0.5, 0.6) is 0 Å². The minimum atomic E-state index is -0.661. The molecule has 1 heterocycles. The lowest BCUT2D eigenvalue weighted by Crippen LogP contribution is -2.52. The summed E-state index contributed by atoms with van der Waals surface area (Å²) in [5, 5.41) is 1.30. The van der Waals surface area contributed by atoms with Gasteiger partial charge in [-0.1, -0.05) is 23.2 Å². The number of carbonyl (C=O) groups excluding carboxylic acids is 1. The Balaban J connectivity index is 1.47. The molecule has 0 bridgehead atoms. The average molecular weight is 522 g/mol. The molecule has 0 aromatic heterocycles. The van der Waals surface area contributed by atoms with Crippen molar-refractivity contribution in [3.05, 3.63) is 68.4 Å². The van der Waals surface area contributed by atoms with Gasteiger partial charge in [-0.25, -0.2) is 9.18 Å². The van der Waals surface area contributed by atoms with Gasteiger partial charge in [-0.05, 0) is 100 Å². The third kappa shape index (κ3) is 6.56. The zero-order valence-corrected chi connectivity index (χ0v) is 22.7. The molecule has 0 amide bonds. The van der Waals surface area contributed by atoms with Crippen LogP contribution in [0.3, 0.4) is 0 Å². The lowest BCUT2D eigenvalue weighted by Gasteiger charge is -2.43. The molecule has 1 aliphatic carbocycles. The minimum Gasteiger partial charge on any atom is -0.456 e. The highest BCUT2D eigenvalue weighted by molar-refractivity contribution is 6.34. The van der Waals surface area contributed by atoms with Gasteiger partial charge in [-0.15, -0.1) is 0 Å². The summed E-state index contributed by atoms with van der Waals surface area (Å²) in [6, 6.07) is 9.51. The predicted molar refractivity (Wildman–Crippen MR) is 140 cm³/mol. The monoisotopic (exact) mass is 520 g/mol. The molecule has 1 saturated heterocycles. The number of benzene rings is 2. The van der Waals surface area contributed by atoms with Crippen LogP contribution in [0.25, 0.3) is 0 Å². The first-order valence-corrected chi connectivity index (χ1v) is 13.2.